The summed E-state index contributed by atoms with van der Waals surface area (Å²) in [6.45, 7) is 3.02. The van der Waals surface area contributed by atoms with E-state index >= 15 is 0 Å². The van der Waals surface area contributed by atoms with E-state index in [-0.39, 0.29) is 0 Å². The average Bonchev–Trinajstić information content (AvgIpc) is 2.17. The van der Waals surface area contributed by atoms with Crippen molar-refractivity contribution >= 4 is 15.9 Å². The van der Waals surface area contributed by atoms with Gasteiger partial charge in [0.2, 0.25) is 0 Å². The summed E-state index contributed by atoms with van der Waals surface area (Å²) in [7, 11) is 0. The summed E-state index contributed by atoms with van der Waals surface area (Å²) in [5.74, 6) is 0.322. The fourth-order valence-electron chi connectivity index (χ4n) is 1.17. The van der Waals surface area contributed by atoms with Crippen molar-refractivity contribution in [3.05, 3.63) is 29.8 Å². The summed E-state index contributed by atoms with van der Waals surface area (Å²) in [6, 6.07) is 7.81. The van der Waals surface area contributed by atoms with Crippen LogP contribution in [0.5, 0.6) is 5.75 Å². The number of benzene rings is 1. The number of rotatable bonds is 5. The summed E-state index contributed by atoms with van der Waals surface area (Å²) in [4.78, 5) is 0. The van der Waals surface area contributed by atoms with Gasteiger partial charge in [-0.15, -0.1) is 0 Å². The Balaban J connectivity index is 2.34. The minimum atomic E-state index is 0.322. The van der Waals surface area contributed by atoms with Crippen molar-refractivity contribution < 1.29 is 5.11 Å². The fraction of sp³-hybridized carbons (Fsp3) is 0.455. The van der Waals surface area contributed by atoms with E-state index in [1.807, 2.05) is 12.1 Å². The molecule has 78 valence electrons. The number of phenols is 1. The molecule has 0 bridgehead atoms. The Kier molecular flexibility index (Phi) is 4.98. The molecule has 1 rings (SSSR count). The molecule has 14 heavy (non-hydrogen) atoms. The largest absolute Gasteiger partial charge is 0.508 e. The SMILES string of the molecule is CC(CCBr)NCc1ccc(O)cc1. The van der Waals surface area contributed by atoms with Crippen LogP contribution in [0, 0.1) is 0 Å². The highest BCUT2D eigenvalue weighted by Crippen LogP contribution is 2.09. The molecule has 2 N–H and O–H groups in total. The molecule has 0 saturated heterocycles. The molecular formula is C11H16BrNO. The van der Waals surface area contributed by atoms with Gasteiger partial charge < -0.3 is 10.4 Å². The first-order valence-corrected chi connectivity index (χ1v) is 5.92. The molecule has 2 nitrogen and oxygen atoms in total. The van der Waals surface area contributed by atoms with Crippen LogP contribution in [0.1, 0.15) is 18.9 Å². The quantitative estimate of drug-likeness (QED) is 0.796. The van der Waals surface area contributed by atoms with Crippen LogP contribution in [0.25, 0.3) is 0 Å². The van der Waals surface area contributed by atoms with Crippen LogP contribution in [-0.4, -0.2) is 16.5 Å². The van der Waals surface area contributed by atoms with Crippen molar-refractivity contribution in [1.82, 2.24) is 5.32 Å². The minimum absolute atomic E-state index is 0.322. The van der Waals surface area contributed by atoms with Crippen molar-refractivity contribution in [2.75, 3.05) is 5.33 Å². The molecule has 0 aliphatic rings. The highest BCUT2D eigenvalue weighted by atomic mass is 79.9. The van der Waals surface area contributed by atoms with Crippen LogP contribution in [0.3, 0.4) is 0 Å². The second kappa shape index (κ2) is 6.04. The van der Waals surface area contributed by atoms with Crippen molar-refractivity contribution in [3.63, 3.8) is 0 Å². The third-order valence-electron chi connectivity index (χ3n) is 2.13. The standard InChI is InChI=1S/C11H16BrNO/c1-9(6-7-12)13-8-10-2-4-11(14)5-3-10/h2-5,9,13-14H,6-8H2,1H3. The molecule has 0 fully saturated rings. The van der Waals surface area contributed by atoms with E-state index in [0.29, 0.717) is 11.8 Å². The lowest BCUT2D eigenvalue weighted by atomic mass is 10.2. The number of hydrogen-bond donors (Lipinski definition) is 2. The van der Waals surface area contributed by atoms with Gasteiger partial charge in [-0.25, -0.2) is 0 Å². The van der Waals surface area contributed by atoms with Gasteiger partial charge in [-0.05, 0) is 31.0 Å². The molecular weight excluding hydrogens is 242 g/mol. The van der Waals surface area contributed by atoms with Crippen LogP contribution in [0.15, 0.2) is 24.3 Å². The Morgan fingerprint density at radius 1 is 1.36 bits per heavy atom. The highest BCUT2D eigenvalue weighted by molar-refractivity contribution is 9.09. The van der Waals surface area contributed by atoms with Crippen LogP contribution in [-0.2, 0) is 6.54 Å². The molecule has 3 heteroatoms. The predicted octanol–water partition coefficient (Wildman–Crippen LogP) is 2.66. The lowest BCUT2D eigenvalue weighted by Gasteiger charge is -2.11. The summed E-state index contributed by atoms with van der Waals surface area (Å²) >= 11 is 3.41. The van der Waals surface area contributed by atoms with Gasteiger partial charge >= 0.3 is 0 Å². The highest BCUT2D eigenvalue weighted by Gasteiger charge is 1.99. The smallest absolute Gasteiger partial charge is 0.115 e. The van der Waals surface area contributed by atoms with E-state index in [1.54, 1.807) is 12.1 Å². The maximum absolute atomic E-state index is 9.09. The minimum Gasteiger partial charge on any atom is -0.508 e. The summed E-state index contributed by atoms with van der Waals surface area (Å²) in [6.07, 6.45) is 1.12. The van der Waals surface area contributed by atoms with Crippen LogP contribution >= 0.6 is 15.9 Å². The maximum Gasteiger partial charge on any atom is 0.115 e. The number of nitrogens with one attached hydrogen (secondary N) is 1. The second-order valence-corrected chi connectivity index (χ2v) is 4.22. The Hall–Kier alpha value is -0.540. The summed E-state index contributed by atoms with van der Waals surface area (Å²) in [5, 5.41) is 13.5. The first kappa shape index (κ1) is 11.5. The Bertz CT molecular complexity index is 260. The molecule has 0 aliphatic heterocycles. The molecule has 0 heterocycles. The van der Waals surface area contributed by atoms with Gasteiger partial charge in [0.05, 0.1) is 0 Å². The van der Waals surface area contributed by atoms with E-state index in [2.05, 4.69) is 28.2 Å². The van der Waals surface area contributed by atoms with E-state index in [1.165, 1.54) is 5.56 Å². The van der Waals surface area contributed by atoms with Gasteiger partial charge in [0, 0.05) is 17.9 Å². The fourth-order valence-corrected chi connectivity index (χ4v) is 1.86. The maximum atomic E-state index is 9.09. The van der Waals surface area contributed by atoms with Crippen molar-refractivity contribution in [2.45, 2.75) is 25.9 Å². The zero-order valence-electron chi connectivity index (χ0n) is 8.33. The first-order valence-electron chi connectivity index (χ1n) is 4.79. The number of hydrogen-bond acceptors (Lipinski definition) is 2. The Morgan fingerprint density at radius 2 is 2.00 bits per heavy atom. The van der Waals surface area contributed by atoms with Gasteiger partial charge in [-0.1, -0.05) is 28.1 Å². The summed E-state index contributed by atoms with van der Waals surface area (Å²) in [5.41, 5.74) is 1.20. The predicted molar refractivity (Wildman–Crippen MR) is 62.8 cm³/mol. The van der Waals surface area contributed by atoms with Crippen LogP contribution < -0.4 is 5.32 Å². The molecule has 1 aromatic carbocycles. The third kappa shape index (κ3) is 4.11. The van der Waals surface area contributed by atoms with E-state index in [9.17, 15) is 0 Å². The molecule has 1 aromatic rings. The average molecular weight is 258 g/mol. The first-order chi connectivity index (χ1) is 6.72. The number of halogens is 1. The number of phenolic OH excluding ortho intramolecular Hbond substituents is 1. The van der Waals surface area contributed by atoms with Gasteiger partial charge in [0.15, 0.2) is 0 Å². The van der Waals surface area contributed by atoms with Gasteiger partial charge in [0.1, 0.15) is 5.75 Å². The Morgan fingerprint density at radius 3 is 2.57 bits per heavy atom. The normalized spacial score (nSPS) is 12.7. The molecule has 1 unspecified atom stereocenters. The number of alkyl halides is 1. The van der Waals surface area contributed by atoms with Gasteiger partial charge in [0.25, 0.3) is 0 Å². The molecule has 0 aliphatic carbocycles. The molecule has 0 saturated carbocycles. The van der Waals surface area contributed by atoms with Crippen molar-refractivity contribution in [1.29, 1.82) is 0 Å². The lowest BCUT2D eigenvalue weighted by molar-refractivity contribution is 0.474. The van der Waals surface area contributed by atoms with Crippen LogP contribution in [0.2, 0.25) is 0 Å². The van der Waals surface area contributed by atoms with E-state index in [0.717, 1.165) is 18.3 Å². The lowest BCUT2D eigenvalue weighted by Crippen LogP contribution is -2.25. The Labute approximate surface area is 93.5 Å². The van der Waals surface area contributed by atoms with Crippen molar-refractivity contribution in [2.24, 2.45) is 0 Å². The van der Waals surface area contributed by atoms with Crippen LogP contribution in [0.4, 0.5) is 0 Å². The molecule has 1 atom stereocenters. The molecule has 0 amide bonds. The third-order valence-corrected chi connectivity index (χ3v) is 2.59. The monoisotopic (exact) mass is 257 g/mol. The second-order valence-electron chi connectivity index (χ2n) is 3.43. The van der Waals surface area contributed by atoms with Gasteiger partial charge in [-0.2, -0.15) is 0 Å². The van der Waals surface area contributed by atoms with Crippen molar-refractivity contribution in [3.8, 4) is 5.75 Å². The van der Waals surface area contributed by atoms with E-state index in [4.69, 9.17) is 5.11 Å². The van der Waals surface area contributed by atoms with E-state index < -0.39 is 0 Å². The number of aromatic hydroxyl groups is 1. The summed E-state index contributed by atoms with van der Waals surface area (Å²) < 4.78 is 0. The zero-order valence-corrected chi connectivity index (χ0v) is 9.92. The molecule has 0 radical (unpaired) electrons. The van der Waals surface area contributed by atoms with Gasteiger partial charge in [-0.3, -0.25) is 0 Å². The molecule has 0 aromatic heterocycles. The molecule has 0 spiro atoms. The zero-order chi connectivity index (χ0) is 10.4. The topological polar surface area (TPSA) is 32.3 Å².